The van der Waals surface area contributed by atoms with Crippen LogP contribution in [-0.2, 0) is 6.54 Å². The summed E-state index contributed by atoms with van der Waals surface area (Å²) in [5, 5.41) is 20.5. The number of aliphatic hydroxyl groups excluding tert-OH is 1. The smallest absolute Gasteiger partial charge is 0.137 e. The molecule has 0 aromatic carbocycles. The second-order valence-electron chi connectivity index (χ2n) is 2.93. The largest absolute Gasteiger partial charge is 0.390 e. The van der Waals surface area contributed by atoms with E-state index in [2.05, 4.69) is 10.1 Å². The molecule has 1 aromatic heterocycles. The van der Waals surface area contributed by atoms with Crippen LogP contribution in [0.1, 0.15) is 6.92 Å². The Morgan fingerprint density at radius 2 is 2.46 bits per heavy atom. The summed E-state index contributed by atoms with van der Waals surface area (Å²) in [6.45, 7) is 2.00. The average Bonchev–Trinajstić information content (AvgIpc) is 2.55. The topological polar surface area (TPSA) is 101 Å². The molecule has 0 saturated carbocycles. The van der Waals surface area contributed by atoms with Gasteiger partial charge in [-0.15, -0.1) is 0 Å². The lowest BCUT2D eigenvalue weighted by atomic mass is 10.0. The molecule has 1 heterocycles. The Labute approximate surface area is 75.9 Å². The number of amidine groups is 1. The zero-order valence-corrected chi connectivity index (χ0v) is 7.38. The molecule has 2 atom stereocenters. The van der Waals surface area contributed by atoms with Crippen molar-refractivity contribution in [2.75, 3.05) is 0 Å². The minimum absolute atomic E-state index is 0.0207. The van der Waals surface area contributed by atoms with Crippen molar-refractivity contribution < 1.29 is 5.11 Å². The van der Waals surface area contributed by atoms with Gasteiger partial charge in [0.15, 0.2) is 0 Å². The Morgan fingerprint density at radius 3 is 2.92 bits per heavy atom. The van der Waals surface area contributed by atoms with Crippen LogP contribution in [0.15, 0.2) is 12.7 Å². The van der Waals surface area contributed by atoms with Crippen molar-refractivity contribution in [2.24, 2.45) is 11.7 Å². The molecule has 72 valence electrons. The maximum absolute atomic E-state index is 9.55. The first-order chi connectivity index (χ1) is 6.11. The summed E-state index contributed by atoms with van der Waals surface area (Å²) in [6, 6.07) is 0. The first kappa shape index (κ1) is 9.66. The fraction of sp³-hybridized carbons (Fsp3) is 0.571. The van der Waals surface area contributed by atoms with Crippen molar-refractivity contribution in [3.05, 3.63) is 12.7 Å². The molecule has 0 aliphatic carbocycles. The Bertz CT molecular complexity index is 270. The SMILES string of the molecule is CC(C(=N)N)C(O)Cn1cncn1. The number of nitrogens with zero attached hydrogens (tertiary/aromatic N) is 3. The third kappa shape index (κ3) is 2.51. The molecule has 0 aliphatic rings. The second kappa shape index (κ2) is 3.99. The fourth-order valence-electron chi connectivity index (χ4n) is 0.884. The lowest BCUT2D eigenvalue weighted by Crippen LogP contribution is -2.33. The zero-order valence-electron chi connectivity index (χ0n) is 7.38. The Morgan fingerprint density at radius 1 is 1.77 bits per heavy atom. The summed E-state index contributed by atoms with van der Waals surface area (Å²) in [5.74, 6) is -0.378. The summed E-state index contributed by atoms with van der Waals surface area (Å²) in [4.78, 5) is 3.74. The van der Waals surface area contributed by atoms with E-state index in [4.69, 9.17) is 11.1 Å². The summed E-state index contributed by atoms with van der Waals surface area (Å²) in [6.07, 6.45) is 2.21. The minimum Gasteiger partial charge on any atom is -0.390 e. The molecule has 1 rings (SSSR count). The average molecular weight is 183 g/mol. The molecule has 2 unspecified atom stereocenters. The first-order valence-electron chi connectivity index (χ1n) is 3.95. The van der Waals surface area contributed by atoms with Crippen LogP contribution in [0.4, 0.5) is 0 Å². The highest BCUT2D eigenvalue weighted by Gasteiger charge is 2.17. The van der Waals surface area contributed by atoms with Crippen LogP contribution in [-0.4, -0.2) is 31.8 Å². The van der Waals surface area contributed by atoms with Gasteiger partial charge in [-0.1, -0.05) is 6.92 Å². The van der Waals surface area contributed by atoms with Gasteiger partial charge in [-0.05, 0) is 0 Å². The molecular formula is C7H13N5O. The molecule has 0 fully saturated rings. The Hall–Kier alpha value is -1.43. The summed E-state index contributed by atoms with van der Waals surface area (Å²) in [5.41, 5.74) is 5.24. The van der Waals surface area contributed by atoms with Gasteiger partial charge in [-0.2, -0.15) is 5.10 Å². The monoisotopic (exact) mass is 183 g/mol. The molecule has 0 bridgehead atoms. The van der Waals surface area contributed by atoms with Crippen molar-refractivity contribution in [3.8, 4) is 0 Å². The van der Waals surface area contributed by atoms with Crippen molar-refractivity contribution in [1.82, 2.24) is 14.8 Å². The summed E-state index contributed by atoms with van der Waals surface area (Å²) in [7, 11) is 0. The molecule has 0 spiro atoms. The maximum atomic E-state index is 9.55. The van der Waals surface area contributed by atoms with Crippen LogP contribution in [0.3, 0.4) is 0 Å². The van der Waals surface area contributed by atoms with Crippen LogP contribution >= 0.6 is 0 Å². The van der Waals surface area contributed by atoms with E-state index in [0.29, 0.717) is 6.54 Å². The Kier molecular flexibility index (Phi) is 2.97. The zero-order chi connectivity index (χ0) is 9.84. The predicted molar refractivity (Wildman–Crippen MR) is 47.1 cm³/mol. The molecule has 0 radical (unpaired) electrons. The van der Waals surface area contributed by atoms with Gasteiger partial charge in [0, 0.05) is 5.92 Å². The summed E-state index contributed by atoms with van der Waals surface area (Å²) >= 11 is 0. The number of aliphatic hydroxyl groups is 1. The van der Waals surface area contributed by atoms with Gasteiger partial charge in [0.2, 0.25) is 0 Å². The van der Waals surface area contributed by atoms with Crippen molar-refractivity contribution in [1.29, 1.82) is 5.41 Å². The van der Waals surface area contributed by atoms with Gasteiger partial charge in [-0.3, -0.25) is 10.1 Å². The molecule has 0 amide bonds. The molecule has 4 N–H and O–H groups in total. The second-order valence-corrected chi connectivity index (χ2v) is 2.93. The van der Waals surface area contributed by atoms with Gasteiger partial charge in [-0.25, -0.2) is 4.98 Å². The highest BCUT2D eigenvalue weighted by molar-refractivity contribution is 5.79. The third-order valence-electron chi connectivity index (χ3n) is 1.91. The number of nitrogens with one attached hydrogen (secondary N) is 1. The molecule has 0 saturated heterocycles. The van der Waals surface area contributed by atoms with Crippen molar-refractivity contribution in [3.63, 3.8) is 0 Å². The fourth-order valence-corrected chi connectivity index (χ4v) is 0.884. The van der Waals surface area contributed by atoms with Crippen LogP contribution < -0.4 is 5.73 Å². The van der Waals surface area contributed by atoms with Crippen LogP contribution in [0.25, 0.3) is 0 Å². The van der Waals surface area contributed by atoms with Crippen molar-refractivity contribution >= 4 is 5.84 Å². The highest BCUT2D eigenvalue weighted by Crippen LogP contribution is 2.03. The minimum atomic E-state index is -0.695. The number of hydrogen-bond donors (Lipinski definition) is 3. The van der Waals surface area contributed by atoms with Crippen LogP contribution in [0.2, 0.25) is 0 Å². The van der Waals surface area contributed by atoms with Gasteiger partial charge < -0.3 is 10.8 Å². The van der Waals surface area contributed by atoms with E-state index in [0.717, 1.165) is 0 Å². The molecular weight excluding hydrogens is 170 g/mol. The van der Waals surface area contributed by atoms with Gasteiger partial charge in [0.1, 0.15) is 12.7 Å². The number of hydrogen-bond acceptors (Lipinski definition) is 4. The molecule has 1 aromatic rings. The van der Waals surface area contributed by atoms with Crippen LogP contribution in [0.5, 0.6) is 0 Å². The molecule has 6 heteroatoms. The standard InChI is InChI=1S/C7H13N5O/c1-5(7(8)9)6(13)2-12-4-10-3-11-12/h3-6,13H,2H2,1H3,(H3,8,9). The van der Waals surface area contributed by atoms with E-state index in [1.165, 1.54) is 17.3 Å². The van der Waals surface area contributed by atoms with Gasteiger partial charge in [0.25, 0.3) is 0 Å². The van der Waals surface area contributed by atoms with Gasteiger partial charge in [0.05, 0.1) is 18.5 Å². The summed E-state index contributed by atoms with van der Waals surface area (Å²) < 4.78 is 1.50. The van der Waals surface area contributed by atoms with E-state index < -0.39 is 6.10 Å². The highest BCUT2D eigenvalue weighted by atomic mass is 16.3. The van der Waals surface area contributed by atoms with E-state index in [9.17, 15) is 5.11 Å². The van der Waals surface area contributed by atoms with E-state index in [1.807, 2.05) is 0 Å². The Balaban J connectivity index is 2.50. The molecule has 0 aliphatic heterocycles. The lowest BCUT2D eigenvalue weighted by Gasteiger charge is -2.16. The van der Waals surface area contributed by atoms with E-state index in [-0.39, 0.29) is 11.8 Å². The normalized spacial score (nSPS) is 15.2. The molecule has 6 nitrogen and oxygen atoms in total. The third-order valence-corrected chi connectivity index (χ3v) is 1.91. The number of nitrogens with two attached hydrogens (primary N) is 1. The van der Waals surface area contributed by atoms with E-state index >= 15 is 0 Å². The number of aromatic nitrogens is 3. The first-order valence-corrected chi connectivity index (χ1v) is 3.95. The molecule has 13 heavy (non-hydrogen) atoms. The lowest BCUT2D eigenvalue weighted by molar-refractivity contribution is 0.120. The van der Waals surface area contributed by atoms with Crippen molar-refractivity contribution in [2.45, 2.75) is 19.6 Å². The quantitative estimate of drug-likeness (QED) is 0.420. The number of rotatable bonds is 4. The maximum Gasteiger partial charge on any atom is 0.137 e. The van der Waals surface area contributed by atoms with Crippen LogP contribution in [0, 0.1) is 11.3 Å². The predicted octanol–water partition coefficient (Wildman–Crippen LogP) is -0.789. The van der Waals surface area contributed by atoms with Gasteiger partial charge >= 0.3 is 0 Å². The van der Waals surface area contributed by atoms with E-state index in [1.54, 1.807) is 6.92 Å².